The number of fused-ring (bicyclic) bond motifs is 1. The minimum Gasteiger partial charge on any atom is -0.387 e. The van der Waals surface area contributed by atoms with Crippen molar-refractivity contribution in [2.75, 3.05) is 57.9 Å². The molecule has 186 valence electrons. The highest BCUT2D eigenvalue weighted by molar-refractivity contribution is 5.96. The van der Waals surface area contributed by atoms with Crippen molar-refractivity contribution in [1.82, 2.24) is 25.8 Å². The van der Waals surface area contributed by atoms with Crippen LogP contribution in [0.1, 0.15) is 19.4 Å². The molecule has 0 aromatic heterocycles. The standard InChI is InChI=1S/C26H32N6O.C2H6/c1-30-19-28-14-23(30)17-32-12-11-31(18-26(33)24-15-27-9-10-29-24)16-22-13-21(7-8-25(22)32)20-5-3-2-4-6-20;1-2/h2-8,13-15,27-29H,9-12,16-19H2,1H3;1-2H3. The van der Waals surface area contributed by atoms with E-state index in [9.17, 15) is 4.79 Å². The van der Waals surface area contributed by atoms with Gasteiger partial charge in [0.15, 0.2) is 5.78 Å². The zero-order chi connectivity index (χ0) is 24.6. The average molecular weight is 475 g/mol. The monoisotopic (exact) mass is 474 g/mol. The summed E-state index contributed by atoms with van der Waals surface area (Å²) in [4.78, 5) is 19.9. The van der Waals surface area contributed by atoms with Crippen molar-refractivity contribution >= 4 is 11.5 Å². The molecular weight excluding hydrogens is 436 g/mol. The number of Topliss-reactive ketones (excluding diaryl/α,β-unsaturated/α-hetero) is 1. The van der Waals surface area contributed by atoms with Gasteiger partial charge in [0.1, 0.15) is 0 Å². The van der Waals surface area contributed by atoms with Crippen molar-refractivity contribution in [2.24, 2.45) is 0 Å². The molecule has 0 spiro atoms. The van der Waals surface area contributed by atoms with E-state index in [0.29, 0.717) is 12.2 Å². The van der Waals surface area contributed by atoms with E-state index in [0.717, 1.165) is 45.9 Å². The number of nitrogens with zero attached hydrogens (tertiary/aromatic N) is 3. The molecule has 0 atom stereocenters. The second kappa shape index (κ2) is 11.8. The van der Waals surface area contributed by atoms with E-state index in [2.05, 4.69) is 86.4 Å². The third-order valence-corrected chi connectivity index (χ3v) is 6.55. The van der Waals surface area contributed by atoms with Crippen LogP contribution >= 0.6 is 0 Å². The summed E-state index contributed by atoms with van der Waals surface area (Å²) in [6.45, 7) is 10.2. The Morgan fingerprint density at radius 3 is 2.49 bits per heavy atom. The summed E-state index contributed by atoms with van der Waals surface area (Å²) < 4.78 is 0. The molecule has 0 bridgehead atoms. The molecule has 2 aromatic rings. The number of benzene rings is 2. The molecule has 0 saturated heterocycles. The summed E-state index contributed by atoms with van der Waals surface area (Å²) in [7, 11) is 2.12. The van der Waals surface area contributed by atoms with Gasteiger partial charge in [-0.15, -0.1) is 0 Å². The van der Waals surface area contributed by atoms with Crippen LogP contribution in [-0.4, -0.2) is 68.6 Å². The summed E-state index contributed by atoms with van der Waals surface area (Å²) in [5.41, 5.74) is 6.90. The lowest BCUT2D eigenvalue weighted by Gasteiger charge is -2.28. The molecule has 2 aromatic carbocycles. The number of likely N-dealkylation sites (N-methyl/N-ethyl adjacent to an activating group) is 1. The molecule has 0 unspecified atom stereocenters. The van der Waals surface area contributed by atoms with Gasteiger partial charge < -0.3 is 25.8 Å². The molecule has 0 fully saturated rings. The second-order valence-corrected chi connectivity index (χ2v) is 8.90. The number of carbonyl (C=O) groups is 1. The molecule has 3 N–H and O–H groups in total. The number of anilines is 1. The van der Waals surface area contributed by atoms with Gasteiger partial charge in [-0.1, -0.05) is 50.2 Å². The van der Waals surface area contributed by atoms with Gasteiger partial charge in [-0.2, -0.15) is 0 Å². The van der Waals surface area contributed by atoms with Crippen LogP contribution in [-0.2, 0) is 11.3 Å². The van der Waals surface area contributed by atoms with Gasteiger partial charge in [-0.05, 0) is 28.8 Å². The van der Waals surface area contributed by atoms with E-state index in [4.69, 9.17) is 0 Å². The number of nitrogens with one attached hydrogen (secondary N) is 3. The zero-order valence-electron chi connectivity index (χ0n) is 21.2. The smallest absolute Gasteiger partial charge is 0.194 e. The highest BCUT2D eigenvalue weighted by Gasteiger charge is 2.25. The maximum Gasteiger partial charge on any atom is 0.194 e. The molecule has 0 radical (unpaired) electrons. The van der Waals surface area contributed by atoms with Crippen LogP contribution in [0, 0.1) is 0 Å². The first-order valence-corrected chi connectivity index (χ1v) is 12.7. The van der Waals surface area contributed by atoms with Gasteiger partial charge in [-0.3, -0.25) is 9.69 Å². The van der Waals surface area contributed by atoms with Gasteiger partial charge in [0.25, 0.3) is 0 Å². The number of rotatable bonds is 6. The predicted octanol–water partition coefficient (Wildman–Crippen LogP) is 2.94. The van der Waals surface area contributed by atoms with Crippen LogP contribution in [0.25, 0.3) is 11.1 Å². The molecule has 0 aliphatic carbocycles. The van der Waals surface area contributed by atoms with E-state index in [1.165, 1.54) is 28.1 Å². The first kappa shape index (κ1) is 24.7. The predicted molar refractivity (Wildman–Crippen MR) is 144 cm³/mol. The Morgan fingerprint density at radius 2 is 1.77 bits per heavy atom. The molecular formula is C28H38N6O. The summed E-state index contributed by atoms with van der Waals surface area (Å²) in [5.74, 6) is 0.138. The van der Waals surface area contributed by atoms with Gasteiger partial charge in [0.05, 0.1) is 31.2 Å². The fourth-order valence-electron chi connectivity index (χ4n) is 4.67. The van der Waals surface area contributed by atoms with Crippen molar-refractivity contribution < 1.29 is 4.79 Å². The number of hydrogen-bond donors (Lipinski definition) is 3. The SMILES string of the molecule is CC.CN1CNC=C1CN1CCN(CC(=O)C2=CNCCN2)Cc2cc(-c3ccccc3)ccc21. The highest BCUT2D eigenvalue weighted by Crippen LogP contribution is 2.31. The van der Waals surface area contributed by atoms with Crippen LogP contribution in [0.3, 0.4) is 0 Å². The van der Waals surface area contributed by atoms with E-state index in [1.54, 1.807) is 0 Å². The minimum atomic E-state index is 0.138. The van der Waals surface area contributed by atoms with E-state index in [-0.39, 0.29) is 5.78 Å². The number of carbonyl (C=O) groups excluding carboxylic acids is 1. The second-order valence-electron chi connectivity index (χ2n) is 8.90. The first-order chi connectivity index (χ1) is 17.2. The quantitative estimate of drug-likeness (QED) is 0.595. The molecule has 3 aliphatic heterocycles. The Labute approximate surface area is 209 Å². The topological polar surface area (TPSA) is 62.9 Å². The third-order valence-electron chi connectivity index (χ3n) is 6.55. The summed E-state index contributed by atoms with van der Waals surface area (Å²) in [6.07, 6.45) is 3.92. The Balaban J connectivity index is 0.00000141. The maximum absolute atomic E-state index is 12.9. The van der Waals surface area contributed by atoms with Crippen LogP contribution in [0.5, 0.6) is 0 Å². The molecule has 3 heterocycles. The lowest BCUT2D eigenvalue weighted by atomic mass is 10.0. The largest absolute Gasteiger partial charge is 0.387 e. The first-order valence-electron chi connectivity index (χ1n) is 12.7. The molecule has 35 heavy (non-hydrogen) atoms. The maximum atomic E-state index is 12.9. The average Bonchev–Trinajstić information content (AvgIpc) is 3.24. The molecule has 5 rings (SSSR count). The number of hydrogen-bond acceptors (Lipinski definition) is 7. The van der Waals surface area contributed by atoms with Crippen molar-refractivity contribution in [3.8, 4) is 11.1 Å². The lowest BCUT2D eigenvalue weighted by molar-refractivity contribution is -0.117. The van der Waals surface area contributed by atoms with Crippen LogP contribution in [0.15, 0.2) is 72.3 Å². The van der Waals surface area contributed by atoms with Crippen molar-refractivity contribution in [3.63, 3.8) is 0 Å². The summed E-state index contributed by atoms with van der Waals surface area (Å²) in [6, 6.07) is 17.3. The van der Waals surface area contributed by atoms with E-state index in [1.807, 2.05) is 26.1 Å². The molecule has 7 heteroatoms. The Morgan fingerprint density at radius 1 is 0.943 bits per heavy atom. The van der Waals surface area contributed by atoms with E-state index >= 15 is 0 Å². The van der Waals surface area contributed by atoms with Gasteiger partial charge >= 0.3 is 0 Å². The molecule has 0 saturated carbocycles. The summed E-state index contributed by atoms with van der Waals surface area (Å²) >= 11 is 0. The van der Waals surface area contributed by atoms with Crippen molar-refractivity contribution in [3.05, 3.63) is 77.9 Å². The normalized spacial score (nSPS) is 17.5. The fourth-order valence-corrected chi connectivity index (χ4v) is 4.67. The minimum absolute atomic E-state index is 0.138. The fraction of sp³-hybridized carbons (Fsp3) is 0.393. The molecule has 7 nitrogen and oxygen atoms in total. The number of ketones is 1. The Bertz CT molecular complexity index is 1060. The van der Waals surface area contributed by atoms with Crippen LogP contribution in [0.2, 0.25) is 0 Å². The van der Waals surface area contributed by atoms with Crippen LogP contribution < -0.4 is 20.9 Å². The highest BCUT2D eigenvalue weighted by atomic mass is 16.1. The lowest BCUT2D eigenvalue weighted by Crippen LogP contribution is -2.40. The Kier molecular flexibility index (Phi) is 8.32. The van der Waals surface area contributed by atoms with Crippen LogP contribution in [0.4, 0.5) is 5.69 Å². The van der Waals surface area contributed by atoms with E-state index < -0.39 is 0 Å². The third kappa shape index (κ3) is 5.98. The molecule has 0 amide bonds. The van der Waals surface area contributed by atoms with Gasteiger partial charge in [0.2, 0.25) is 0 Å². The van der Waals surface area contributed by atoms with Crippen molar-refractivity contribution in [1.29, 1.82) is 0 Å². The van der Waals surface area contributed by atoms with Gasteiger partial charge in [0, 0.05) is 57.9 Å². The zero-order valence-corrected chi connectivity index (χ0v) is 21.2. The van der Waals surface area contributed by atoms with Gasteiger partial charge in [-0.25, -0.2) is 0 Å². The molecule has 3 aliphatic rings. The summed E-state index contributed by atoms with van der Waals surface area (Å²) in [5, 5.41) is 9.71. The Hall–Kier alpha value is -3.45. The van der Waals surface area contributed by atoms with Crippen molar-refractivity contribution in [2.45, 2.75) is 20.4 Å².